The van der Waals surface area contributed by atoms with Crippen molar-refractivity contribution >= 4 is 19.2 Å². The van der Waals surface area contributed by atoms with Gasteiger partial charge in [-0.3, -0.25) is 9.05 Å². The molecule has 0 saturated carbocycles. The number of phosphoric acid groups is 1. The van der Waals surface area contributed by atoms with Crippen LogP contribution >= 0.6 is 7.82 Å². The highest BCUT2D eigenvalue weighted by atomic mass is 31.2. The zero-order chi connectivity index (χ0) is 41.8. The largest absolute Gasteiger partial charge is 0.472 e. The molecule has 0 spiro atoms. The number of halogens is 1. The van der Waals surface area contributed by atoms with Crippen LogP contribution in [0.25, 0.3) is 5.52 Å². The maximum atomic E-state index is 13.9. The molecule has 58 heavy (non-hydrogen) atoms. The lowest BCUT2D eigenvalue weighted by atomic mass is 9.92. The fourth-order valence-corrected chi connectivity index (χ4v) is 7.77. The summed E-state index contributed by atoms with van der Waals surface area (Å²) in [7, 11) is -4.82. The predicted molar refractivity (Wildman–Crippen MR) is 213 cm³/mol. The third-order valence-corrected chi connectivity index (χ3v) is 11.3. The number of unbranched alkanes of at least 4 members (excludes halogenated alkanes) is 15. The topological polar surface area (TPSA) is 228 Å². The average molecular weight is 831 g/mol. The number of ether oxygens (including phenoxy) is 3. The van der Waals surface area contributed by atoms with E-state index in [4.69, 9.17) is 29.0 Å². The minimum absolute atomic E-state index is 0.00567. The molecule has 0 radical (unpaired) electrons. The quantitative estimate of drug-likeness (QED) is 0.0402. The van der Waals surface area contributed by atoms with Crippen LogP contribution in [-0.4, -0.2) is 80.5 Å². The Morgan fingerprint density at radius 3 is 2.21 bits per heavy atom. The zero-order valence-corrected chi connectivity index (χ0v) is 34.4. The molecule has 320 valence electrons. The lowest BCUT2D eigenvalue weighted by Crippen LogP contribution is -2.41. The van der Waals surface area contributed by atoms with Crippen LogP contribution in [0, 0.1) is 28.5 Å². The molecule has 1 saturated heterocycles. The zero-order valence-electron chi connectivity index (χ0n) is 33.6. The Labute approximate surface area is 340 Å². The molecule has 17 heteroatoms. The summed E-state index contributed by atoms with van der Waals surface area (Å²) in [5, 5.41) is 45.2. The van der Waals surface area contributed by atoms with E-state index in [1.54, 1.807) is 6.07 Å². The van der Waals surface area contributed by atoms with Gasteiger partial charge in [0.2, 0.25) is 5.60 Å². The van der Waals surface area contributed by atoms with Gasteiger partial charge < -0.3 is 35.1 Å². The highest BCUT2D eigenvalue weighted by Gasteiger charge is 2.58. The molecular weight excluding hydrogens is 770 g/mol. The van der Waals surface area contributed by atoms with Crippen LogP contribution in [0.15, 0.2) is 36.7 Å². The van der Waals surface area contributed by atoms with Crippen LogP contribution in [0.5, 0.6) is 0 Å². The van der Waals surface area contributed by atoms with Crippen LogP contribution < -0.4 is 5.73 Å². The standard InChI is InChI=1S/C41H60FN6O9P/c1-2-3-4-5-6-7-8-9-10-11-12-13-14-15-16-17-22-53-26-33(54-25-31-18-19-34(42)32(23-31)24-43)27-55-58(51,52)56-28-36-38(49)39(50)41(29-44,57-36)37-21-20-35-40(45)46-30-47-48(35)37/h18-21,23,30,33,36,38-39,49-50H,2-17,22,25-28H2,1H3,(H,51,52)(H2,45,46,47)/t33-,36-,38-,39-,41+/m1/s1. The van der Waals surface area contributed by atoms with Gasteiger partial charge in [-0.2, -0.15) is 15.6 Å². The summed E-state index contributed by atoms with van der Waals surface area (Å²) in [6.07, 6.45) is 15.4. The number of aromatic nitrogens is 3. The number of nitriles is 2. The molecule has 0 bridgehead atoms. The van der Waals surface area contributed by atoms with Gasteiger partial charge in [0.1, 0.15) is 54.2 Å². The number of nitrogen functional groups attached to an aromatic ring is 1. The lowest BCUT2D eigenvalue weighted by molar-refractivity contribution is -0.0690. The van der Waals surface area contributed by atoms with Crippen molar-refractivity contribution in [3.8, 4) is 12.1 Å². The van der Waals surface area contributed by atoms with Gasteiger partial charge in [-0.25, -0.2) is 18.5 Å². The Balaban J connectivity index is 1.20. The van der Waals surface area contributed by atoms with Gasteiger partial charge >= 0.3 is 7.82 Å². The fraction of sp³-hybridized carbons (Fsp3) is 0.659. The van der Waals surface area contributed by atoms with Crippen LogP contribution in [0.4, 0.5) is 10.2 Å². The maximum absolute atomic E-state index is 13.9. The second kappa shape index (κ2) is 24.5. The molecule has 2 aromatic heterocycles. The molecule has 5 N–H and O–H groups in total. The number of aliphatic hydroxyl groups is 2. The number of fused-ring (bicyclic) bond motifs is 1. The number of hydrogen-bond acceptors (Lipinski definition) is 13. The normalized spacial score (nSPS) is 20.8. The van der Waals surface area contributed by atoms with E-state index in [9.17, 15) is 34.6 Å². The van der Waals surface area contributed by atoms with Crippen molar-refractivity contribution in [2.24, 2.45) is 0 Å². The lowest BCUT2D eigenvalue weighted by Gasteiger charge is -2.24. The number of aliphatic hydroxyl groups excluding tert-OH is 2. The summed E-state index contributed by atoms with van der Waals surface area (Å²) in [5.74, 6) is -0.554. The first-order valence-electron chi connectivity index (χ1n) is 20.6. The van der Waals surface area contributed by atoms with Crippen LogP contribution in [0.3, 0.4) is 0 Å². The molecule has 1 aliphatic rings. The fourth-order valence-electron chi connectivity index (χ4n) is 7.01. The molecule has 6 atom stereocenters. The average Bonchev–Trinajstić information content (AvgIpc) is 3.77. The smallest absolute Gasteiger partial charge is 0.387 e. The van der Waals surface area contributed by atoms with Crippen LogP contribution in [-0.2, 0) is 40.0 Å². The van der Waals surface area contributed by atoms with Crippen molar-refractivity contribution in [3.05, 3.63) is 59.3 Å². The van der Waals surface area contributed by atoms with Gasteiger partial charge in [-0.15, -0.1) is 0 Å². The summed E-state index contributed by atoms with van der Waals surface area (Å²) in [4.78, 5) is 14.5. The summed E-state index contributed by atoms with van der Waals surface area (Å²) < 4.78 is 56.1. The van der Waals surface area contributed by atoms with Crippen molar-refractivity contribution in [1.82, 2.24) is 14.6 Å². The molecular formula is C41H60FN6O9P. The van der Waals surface area contributed by atoms with Gasteiger partial charge in [0.05, 0.1) is 37.7 Å². The van der Waals surface area contributed by atoms with Gasteiger partial charge in [-0.1, -0.05) is 109 Å². The number of benzene rings is 1. The first kappa shape index (κ1) is 47.1. The molecule has 0 aliphatic carbocycles. The molecule has 4 rings (SSSR count). The van der Waals surface area contributed by atoms with E-state index in [-0.39, 0.29) is 30.3 Å². The Morgan fingerprint density at radius 2 is 1.59 bits per heavy atom. The van der Waals surface area contributed by atoms with Crippen molar-refractivity contribution in [1.29, 1.82) is 10.5 Å². The Morgan fingerprint density at radius 1 is 0.948 bits per heavy atom. The third-order valence-electron chi connectivity index (χ3n) is 10.4. The summed E-state index contributed by atoms with van der Waals surface area (Å²) in [6, 6.07) is 10.6. The molecule has 1 unspecified atom stereocenters. The van der Waals surface area contributed by atoms with E-state index in [1.165, 1.54) is 112 Å². The Bertz CT molecular complexity index is 1820. The van der Waals surface area contributed by atoms with E-state index in [0.717, 1.165) is 31.7 Å². The van der Waals surface area contributed by atoms with Crippen molar-refractivity contribution in [3.63, 3.8) is 0 Å². The first-order valence-corrected chi connectivity index (χ1v) is 22.1. The second-order valence-electron chi connectivity index (χ2n) is 14.9. The number of hydrogen-bond donors (Lipinski definition) is 4. The molecule has 1 aliphatic heterocycles. The first-order chi connectivity index (χ1) is 28.0. The number of anilines is 1. The molecule has 3 aromatic rings. The second-order valence-corrected chi connectivity index (χ2v) is 16.4. The SMILES string of the molecule is CCCCCCCCCCCCCCCCCCOC[C@H](COP(=O)(O)OC[C@H]1O[C@@](C#N)(c2ccc3c(N)ncnn23)[C@H](O)[C@@H]1O)OCc1ccc(F)c(C#N)c1. The minimum Gasteiger partial charge on any atom is -0.387 e. The molecule has 0 amide bonds. The molecule has 15 nitrogen and oxygen atoms in total. The molecule has 1 aromatic carbocycles. The predicted octanol–water partition coefficient (Wildman–Crippen LogP) is 7.16. The van der Waals surface area contributed by atoms with Crippen molar-refractivity contribution in [2.45, 2.75) is 146 Å². The van der Waals surface area contributed by atoms with Gasteiger partial charge in [-0.05, 0) is 36.2 Å². The van der Waals surface area contributed by atoms with E-state index in [2.05, 4.69) is 17.0 Å². The monoisotopic (exact) mass is 830 g/mol. The Hall–Kier alpha value is -3.54. The molecule has 3 heterocycles. The maximum Gasteiger partial charge on any atom is 0.472 e. The van der Waals surface area contributed by atoms with E-state index in [1.807, 2.05) is 6.07 Å². The number of nitrogens with zero attached hydrogens (tertiary/aromatic N) is 5. The highest BCUT2D eigenvalue weighted by Crippen LogP contribution is 2.46. The van der Waals surface area contributed by atoms with Gasteiger partial charge in [0, 0.05) is 6.61 Å². The summed E-state index contributed by atoms with van der Waals surface area (Å²) in [5.41, 5.74) is 4.51. The van der Waals surface area contributed by atoms with Crippen molar-refractivity contribution < 1.29 is 47.3 Å². The Kier molecular flexibility index (Phi) is 19.9. The highest BCUT2D eigenvalue weighted by molar-refractivity contribution is 7.47. The van der Waals surface area contributed by atoms with Crippen molar-refractivity contribution in [2.75, 3.05) is 32.2 Å². The minimum atomic E-state index is -4.82. The number of rotatable bonds is 29. The van der Waals surface area contributed by atoms with E-state index >= 15 is 0 Å². The van der Waals surface area contributed by atoms with Crippen LogP contribution in [0.2, 0.25) is 0 Å². The summed E-state index contributed by atoms with van der Waals surface area (Å²) in [6.45, 7) is 1.45. The van der Waals surface area contributed by atoms with Gasteiger partial charge in [0.25, 0.3) is 0 Å². The summed E-state index contributed by atoms with van der Waals surface area (Å²) >= 11 is 0. The third kappa shape index (κ3) is 14.0. The number of phosphoric ester groups is 1. The number of nitrogens with two attached hydrogens (primary N) is 1. The van der Waals surface area contributed by atoms with E-state index in [0.29, 0.717) is 17.7 Å². The van der Waals surface area contributed by atoms with Crippen LogP contribution in [0.1, 0.15) is 126 Å². The van der Waals surface area contributed by atoms with Gasteiger partial charge in [0.15, 0.2) is 5.82 Å². The van der Waals surface area contributed by atoms with E-state index < -0.39 is 56.9 Å². The molecule has 1 fully saturated rings.